The van der Waals surface area contributed by atoms with Gasteiger partial charge in [-0.25, -0.2) is 0 Å². The highest BCUT2D eigenvalue weighted by Crippen LogP contribution is 2.38. The summed E-state index contributed by atoms with van der Waals surface area (Å²) in [5, 5.41) is 9.06. The number of nitriles is 1. The number of fused-ring (bicyclic) bond motifs is 1. The largest absolute Gasteiger partial charge is 0.490 e. The molecule has 0 spiro atoms. The van der Waals surface area contributed by atoms with Gasteiger partial charge in [0.25, 0.3) is 0 Å². The van der Waals surface area contributed by atoms with Gasteiger partial charge in [0, 0.05) is 5.56 Å². The molecular formula is C9H7ClN2O. The Morgan fingerprint density at radius 1 is 1.62 bits per heavy atom. The molecule has 1 heterocycles. The third-order valence-electron chi connectivity index (χ3n) is 2.05. The van der Waals surface area contributed by atoms with Gasteiger partial charge in [-0.2, -0.15) is 5.26 Å². The van der Waals surface area contributed by atoms with E-state index in [0.717, 1.165) is 5.56 Å². The lowest BCUT2D eigenvalue weighted by molar-refractivity contribution is 0.333. The minimum absolute atomic E-state index is 0.125. The smallest absolute Gasteiger partial charge is 0.144 e. The van der Waals surface area contributed by atoms with Crippen molar-refractivity contribution in [3.63, 3.8) is 0 Å². The molecule has 2 rings (SSSR count). The van der Waals surface area contributed by atoms with Gasteiger partial charge in [-0.15, -0.1) is 0 Å². The predicted octanol–water partition coefficient (Wildman–Crippen LogP) is 1.60. The van der Waals surface area contributed by atoms with Crippen LogP contribution in [0.4, 0.5) is 0 Å². The summed E-state index contributed by atoms with van der Waals surface area (Å²) >= 11 is 5.92. The van der Waals surface area contributed by atoms with Crippen LogP contribution < -0.4 is 10.5 Å². The van der Waals surface area contributed by atoms with Gasteiger partial charge in [0.15, 0.2) is 0 Å². The van der Waals surface area contributed by atoms with Crippen molar-refractivity contribution in [2.45, 2.75) is 6.04 Å². The van der Waals surface area contributed by atoms with Crippen molar-refractivity contribution in [2.24, 2.45) is 5.73 Å². The van der Waals surface area contributed by atoms with Crippen molar-refractivity contribution >= 4 is 11.6 Å². The number of ether oxygens (including phenoxy) is 1. The van der Waals surface area contributed by atoms with E-state index in [1.54, 1.807) is 12.1 Å². The van der Waals surface area contributed by atoms with Gasteiger partial charge in [-0.3, -0.25) is 0 Å². The van der Waals surface area contributed by atoms with E-state index < -0.39 is 0 Å². The number of nitrogens with two attached hydrogens (primary N) is 1. The highest BCUT2D eigenvalue weighted by molar-refractivity contribution is 6.33. The number of rotatable bonds is 0. The van der Waals surface area contributed by atoms with Gasteiger partial charge in [-0.1, -0.05) is 17.7 Å². The van der Waals surface area contributed by atoms with Crippen molar-refractivity contribution in [3.05, 3.63) is 28.3 Å². The molecule has 0 aliphatic carbocycles. The lowest BCUT2D eigenvalue weighted by atomic mass is 10.1. The van der Waals surface area contributed by atoms with Crippen molar-refractivity contribution in [3.8, 4) is 11.8 Å². The van der Waals surface area contributed by atoms with E-state index in [1.807, 2.05) is 6.07 Å². The number of hydrogen-bond acceptors (Lipinski definition) is 3. The molecule has 0 amide bonds. The number of nitrogens with zero attached hydrogens (tertiary/aromatic N) is 1. The first kappa shape index (κ1) is 8.36. The summed E-state index contributed by atoms with van der Waals surface area (Å²) in [6.07, 6.45) is 0. The zero-order valence-corrected chi connectivity index (χ0v) is 7.51. The first-order valence-corrected chi connectivity index (χ1v) is 4.22. The van der Waals surface area contributed by atoms with E-state index >= 15 is 0 Å². The first-order chi connectivity index (χ1) is 6.24. The first-order valence-electron chi connectivity index (χ1n) is 3.85. The fraction of sp³-hybridized carbons (Fsp3) is 0.222. The van der Waals surface area contributed by atoms with E-state index in [9.17, 15) is 0 Å². The van der Waals surface area contributed by atoms with E-state index in [-0.39, 0.29) is 6.04 Å². The van der Waals surface area contributed by atoms with Gasteiger partial charge in [0.2, 0.25) is 0 Å². The molecule has 0 saturated heterocycles. The Morgan fingerprint density at radius 2 is 2.38 bits per heavy atom. The molecule has 0 aromatic heterocycles. The van der Waals surface area contributed by atoms with E-state index in [1.165, 1.54) is 0 Å². The van der Waals surface area contributed by atoms with Crippen LogP contribution in [-0.2, 0) is 0 Å². The SMILES string of the molecule is N#Cc1ccc2c(c1Cl)OC[C@@H]2N. The third kappa shape index (κ3) is 1.15. The molecule has 0 unspecified atom stereocenters. The van der Waals surface area contributed by atoms with Crippen LogP contribution in [0.15, 0.2) is 12.1 Å². The fourth-order valence-electron chi connectivity index (χ4n) is 1.36. The van der Waals surface area contributed by atoms with Crippen molar-refractivity contribution in [1.29, 1.82) is 5.26 Å². The molecule has 4 heteroatoms. The Balaban J connectivity index is 2.62. The highest BCUT2D eigenvalue weighted by atomic mass is 35.5. The molecule has 0 radical (unpaired) electrons. The van der Waals surface area contributed by atoms with Gasteiger partial charge >= 0.3 is 0 Å². The molecule has 1 atom stereocenters. The van der Waals surface area contributed by atoms with Crippen molar-refractivity contribution in [1.82, 2.24) is 0 Å². The second-order valence-electron chi connectivity index (χ2n) is 2.87. The van der Waals surface area contributed by atoms with Gasteiger partial charge in [0.1, 0.15) is 23.4 Å². The summed E-state index contributed by atoms with van der Waals surface area (Å²) in [4.78, 5) is 0. The summed E-state index contributed by atoms with van der Waals surface area (Å²) in [6, 6.07) is 5.31. The fourth-order valence-corrected chi connectivity index (χ4v) is 1.63. The third-order valence-corrected chi connectivity index (χ3v) is 2.43. The van der Waals surface area contributed by atoms with Crippen molar-refractivity contribution in [2.75, 3.05) is 6.61 Å². The van der Waals surface area contributed by atoms with E-state index in [0.29, 0.717) is 22.9 Å². The van der Waals surface area contributed by atoms with Crippen LogP contribution in [0.25, 0.3) is 0 Å². The molecule has 0 saturated carbocycles. The molecule has 0 fully saturated rings. The Labute approximate surface area is 80.7 Å². The zero-order valence-electron chi connectivity index (χ0n) is 6.75. The van der Waals surface area contributed by atoms with Crippen LogP contribution in [0.5, 0.6) is 5.75 Å². The Kier molecular flexibility index (Phi) is 1.87. The van der Waals surface area contributed by atoms with Crippen LogP contribution in [0, 0.1) is 11.3 Å². The summed E-state index contributed by atoms with van der Waals surface area (Å²) in [6.45, 7) is 0.434. The highest BCUT2D eigenvalue weighted by Gasteiger charge is 2.24. The molecule has 3 nitrogen and oxygen atoms in total. The quantitative estimate of drug-likeness (QED) is 0.683. The Hall–Kier alpha value is -1.24. The van der Waals surface area contributed by atoms with E-state index in [2.05, 4.69) is 0 Å². The number of hydrogen-bond donors (Lipinski definition) is 1. The van der Waals surface area contributed by atoms with Crippen molar-refractivity contribution < 1.29 is 4.74 Å². The molecule has 1 aromatic carbocycles. The molecule has 1 aliphatic heterocycles. The molecule has 2 N–H and O–H groups in total. The van der Waals surface area contributed by atoms with Crippen LogP contribution in [0.1, 0.15) is 17.2 Å². The minimum atomic E-state index is -0.125. The monoisotopic (exact) mass is 194 g/mol. The molecular weight excluding hydrogens is 188 g/mol. The minimum Gasteiger partial charge on any atom is -0.490 e. The summed E-state index contributed by atoms with van der Waals surface area (Å²) < 4.78 is 5.28. The number of halogens is 1. The average molecular weight is 195 g/mol. The lowest BCUT2D eigenvalue weighted by Crippen LogP contribution is -2.10. The molecule has 1 aromatic rings. The second kappa shape index (κ2) is 2.91. The standard InChI is InChI=1S/C9H7ClN2O/c10-8-5(3-11)1-2-6-7(12)4-13-9(6)8/h1-2,7H,4,12H2/t7-/m0/s1. The molecule has 66 valence electrons. The predicted molar refractivity (Wildman–Crippen MR) is 48.6 cm³/mol. The zero-order chi connectivity index (χ0) is 9.42. The van der Waals surface area contributed by atoms with Crippen LogP contribution in [-0.4, -0.2) is 6.61 Å². The Bertz CT molecular complexity index is 397. The number of benzene rings is 1. The van der Waals surface area contributed by atoms with E-state index in [4.69, 9.17) is 27.3 Å². The Morgan fingerprint density at radius 3 is 3.08 bits per heavy atom. The summed E-state index contributed by atoms with van der Waals surface area (Å²) in [7, 11) is 0. The maximum absolute atomic E-state index is 8.69. The maximum Gasteiger partial charge on any atom is 0.144 e. The van der Waals surface area contributed by atoms with Crippen LogP contribution in [0.2, 0.25) is 5.02 Å². The normalized spacial score (nSPS) is 19.0. The van der Waals surface area contributed by atoms with Gasteiger partial charge in [-0.05, 0) is 6.07 Å². The van der Waals surface area contributed by atoms with Crippen LogP contribution >= 0.6 is 11.6 Å². The van der Waals surface area contributed by atoms with Gasteiger partial charge in [0.05, 0.1) is 11.6 Å². The lowest BCUT2D eigenvalue weighted by Gasteiger charge is -2.02. The summed E-state index contributed by atoms with van der Waals surface area (Å²) in [5.41, 5.74) is 7.04. The maximum atomic E-state index is 8.69. The molecule has 1 aliphatic rings. The van der Waals surface area contributed by atoms with Gasteiger partial charge < -0.3 is 10.5 Å². The second-order valence-corrected chi connectivity index (χ2v) is 3.25. The average Bonchev–Trinajstić information content (AvgIpc) is 2.50. The molecule has 13 heavy (non-hydrogen) atoms. The topological polar surface area (TPSA) is 59.0 Å². The van der Waals surface area contributed by atoms with Crippen LogP contribution in [0.3, 0.4) is 0 Å². The summed E-state index contributed by atoms with van der Waals surface area (Å²) in [5.74, 6) is 0.563. The molecule has 0 bridgehead atoms.